The van der Waals surface area contributed by atoms with Crippen LogP contribution in [0.25, 0.3) is 0 Å². The van der Waals surface area contributed by atoms with Crippen molar-refractivity contribution in [3.05, 3.63) is 42.0 Å². The Morgan fingerprint density at radius 3 is 2.67 bits per heavy atom. The monoisotopic (exact) mass is 204 g/mol. The fraction of sp³-hybridized carbons (Fsp3) is 0.429. The third kappa shape index (κ3) is 4.68. The van der Waals surface area contributed by atoms with Gasteiger partial charge in [-0.15, -0.1) is 0 Å². The summed E-state index contributed by atoms with van der Waals surface area (Å²) < 4.78 is 0. The highest BCUT2D eigenvalue weighted by Gasteiger charge is 1.95. The van der Waals surface area contributed by atoms with Crippen LogP contribution in [0.3, 0.4) is 0 Å². The van der Waals surface area contributed by atoms with Gasteiger partial charge in [0.1, 0.15) is 5.75 Å². The highest BCUT2D eigenvalue weighted by Crippen LogP contribution is 2.16. The number of phenols is 1. The van der Waals surface area contributed by atoms with Gasteiger partial charge in [0.15, 0.2) is 0 Å². The predicted octanol–water partition coefficient (Wildman–Crippen LogP) is 4.07. The van der Waals surface area contributed by atoms with Crippen LogP contribution in [-0.2, 0) is 6.42 Å². The van der Waals surface area contributed by atoms with Gasteiger partial charge in [0.25, 0.3) is 0 Å². The normalized spacial score (nSPS) is 11.0. The molecule has 0 bridgehead atoms. The topological polar surface area (TPSA) is 20.2 Å². The lowest BCUT2D eigenvalue weighted by Crippen LogP contribution is -1.81. The second kappa shape index (κ2) is 7.10. The number of unbranched alkanes of at least 4 members (excludes halogenated alkanes) is 3. The molecule has 0 radical (unpaired) electrons. The van der Waals surface area contributed by atoms with Crippen molar-refractivity contribution in [2.45, 2.75) is 39.0 Å². The Labute approximate surface area is 92.5 Å². The number of hydrogen-bond acceptors (Lipinski definition) is 1. The highest BCUT2D eigenvalue weighted by molar-refractivity contribution is 5.33. The Morgan fingerprint density at radius 2 is 1.93 bits per heavy atom. The minimum absolute atomic E-state index is 0.399. The van der Waals surface area contributed by atoms with Gasteiger partial charge in [-0.25, -0.2) is 0 Å². The largest absolute Gasteiger partial charge is 0.508 e. The zero-order valence-electron chi connectivity index (χ0n) is 9.45. The van der Waals surface area contributed by atoms with E-state index in [2.05, 4.69) is 19.1 Å². The molecule has 15 heavy (non-hydrogen) atoms. The Bertz CT molecular complexity index is 302. The number of benzene rings is 1. The second-order valence-electron chi connectivity index (χ2n) is 3.80. The van der Waals surface area contributed by atoms with Gasteiger partial charge in [0.2, 0.25) is 0 Å². The maximum Gasteiger partial charge on any atom is 0.119 e. The molecule has 0 saturated heterocycles. The minimum Gasteiger partial charge on any atom is -0.508 e. The molecular weight excluding hydrogens is 184 g/mol. The highest BCUT2D eigenvalue weighted by atomic mass is 16.3. The van der Waals surface area contributed by atoms with E-state index in [0.717, 1.165) is 18.4 Å². The Kier molecular flexibility index (Phi) is 5.60. The molecule has 0 saturated carbocycles. The number of aromatic hydroxyl groups is 1. The summed E-state index contributed by atoms with van der Waals surface area (Å²) in [7, 11) is 0. The van der Waals surface area contributed by atoms with Gasteiger partial charge in [-0.1, -0.05) is 50.1 Å². The van der Waals surface area contributed by atoms with Crippen LogP contribution < -0.4 is 0 Å². The first kappa shape index (κ1) is 11.8. The van der Waals surface area contributed by atoms with Crippen LogP contribution >= 0.6 is 0 Å². The summed E-state index contributed by atoms with van der Waals surface area (Å²) in [6, 6.07) is 7.51. The summed E-state index contributed by atoms with van der Waals surface area (Å²) in [5, 5.41) is 9.52. The zero-order valence-corrected chi connectivity index (χ0v) is 9.45. The summed E-state index contributed by atoms with van der Waals surface area (Å²) in [4.78, 5) is 0. The molecule has 0 aliphatic heterocycles. The van der Waals surface area contributed by atoms with E-state index in [0.29, 0.717) is 5.75 Å². The van der Waals surface area contributed by atoms with Crippen LogP contribution in [0.15, 0.2) is 36.4 Å². The fourth-order valence-electron chi connectivity index (χ4n) is 1.52. The number of rotatable bonds is 6. The Balaban J connectivity index is 2.28. The maximum absolute atomic E-state index is 9.52. The van der Waals surface area contributed by atoms with E-state index in [4.69, 9.17) is 0 Å². The summed E-state index contributed by atoms with van der Waals surface area (Å²) >= 11 is 0. The van der Waals surface area contributed by atoms with Crippen molar-refractivity contribution in [1.82, 2.24) is 0 Å². The molecule has 0 atom stereocenters. The minimum atomic E-state index is 0.399. The van der Waals surface area contributed by atoms with Crippen molar-refractivity contribution in [3.8, 4) is 5.75 Å². The average Bonchev–Trinajstić information content (AvgIpc) is 2.25. The number of phenolic OH excluding ortho intramolecular Hbond substituents is 1. The smallest absolute Gasteiger partial charge is 0.119 e. The quantitative estimate of drug-likeness (QED) is 0.547. The molecule has 82 valence electrons. The molecule has 0 heterocycles. The number of hydrogen-bond donors (Lipinski definition) is 1. The lowest BCUT2D eigenvalue weighted by Gasteiger charge is -1.99. The molecule has 0 aliphatic carbocycles. The van der Waals surface area contributed by atoms with E-state index in [1.54, 1.807) is 6.07 Å². The van der Waals surface area contributed by atoms with Crippen molar-refractivity contribution in [1.29, 1.82) is 0 Å². The van der Waals surface area contributed by atoms with Gasteiger partial charge in [-0.05, 0) is 30.9 Å². The van der Waals surface area contributed by atoms with Gasteiger partial charge in [0, 0.05) is 0 Å². The number of para-hydroxylation sites is 1. The van der Waals surface area contributed by atoms with Gasteiger partial charge >= 0.3 is 0 Å². The predicted molar refractivity (Wildman–Crippen MR) is 65.1 cm³/mol. The summed E-state index contributed by atoms with van der Waals surface area (Å²) in [5.41, 5.74) is 1.00. The van der Waals surface area contributed by atoms with Gasteiger partial charge in [0.05, 0.1) is 0 Å². The first-order valence-electron chi connectivity index (χ1n) is 5.76. The van der Waals surface area contributed by atoms with Crippen molar-refractivity contribution in [2.75, 3.05) is 0 Å². The van der Waals surface area contributed by atoms with Crippen LogP contribution in [-0.4, -0.2) is 5.11 Å². The molecule has 1 nitrogen and oxygen atoms in total. The summed E-state index contributed by atoms with van der Waals surface area (Å²) in [5.74, 6) is 0.399. The molecule has 0 aliphatic rings. The molecule has 0 aromatic heterocycles. The van der Waals surface area contributed by atoms with Gasteiger partial charge in [-0.3, -0.25) is 0 Å². The molecule has 0 fully saturated rings. The number of allylic oxidation sites excluding steroid dienone is 2. The van der Waals surface area contributed by atoms with Crippen LogP contribution in [0.1, 0.15) is 38.2 Å². The second-order valence-corrected chi connectivity index (χ2v) is 3.80. The first-order valence-corrected chi connectivity index (χ1v) is 5.76. The Morgan fingerprint density at radius 1 is 1.13 bits per heavy atom. The molecule has 1 aromatic rings. The van der Waals surface area contributed by atoms with Gasteiger partial charge in [-0.2, -0.15) is 0 Å². The zero-order chi connectivity index (χ0) is 10.9. The van der Waals surface area contributed by atoms with Crippen molar-refractivity contribution < 1.29 is 5.11 Å². The standard InChI is InChI=1S/C14H20O/c1-2-3-4-5-6-7-10-13-11-8-9-12-14(13)15/h6-9,11-12,15H,2-5,10H2,1H3. The van der Waals surface area contributed by atoms with Crippen LogP contribution in [0.5, 0.6) is 5.75 Å². The molecule has 1 heteroatoms. The van der Waals surface area contributed by atoms with E-state index >= 15 is 0 Å². The van der Waals surface area contributed by atoms with Crippen molar-refractivity contribution in [3.63, 3.8) is 0 Å². The molecule has 1 N–H and O–H groups in total. The van der Waals surface area contributed by atoms with E-state index < -0.39 is 0 Å². The Hall–Kier alpha value is -1.24. The molecule has 0 amide bonds. The van der Waals surface area contributed by atoms with E-state index in [-0.39, 0.29) is 0 Å². The van der Waals surface area contributed by atoms with Crippen LogP contribution in [0.4, 0.5) is 0 Å². The summed E-state index contributed by atoms with van der Waals surface area (Å²) in [6.45, 7) is 2.21. The molecule has 1 aromatic carbocycles. The fourth-order valence-corrected chi connectivity index (χ4v) is 1.52. The third-order valence-electron chi connectivity index (χ3n) is 2.47. The van der Waals surface area contributed by atoms with E-state index in [1.807, 2.05) is 18.2 Å². The van der Waals surface area contributed by atoms with E-state index in [9.17, 15) is 5.11 Å². The van der Waals surface area contributed by atoms with Gasteiger partial charge < -0.3 is 5.11 Å². The first-order chi connectivity index (χ1) is 7.34. The summed E-state index contributed by atoms with van der Waals surface area (Å²) in [6.07, 6.45) is 10.2. The van der Waals surface area contributed by atoms with Crippen LogP contribution in [0, 0.1) is 0 Å². The lowest BCUT2D eigenvalue weighted by molar-refractivity contribution is 0.469. The lowest BCUT2D eigenvalue weighted by atomic mass is 10.1. The van der Waals surface area contributed by atoms with Crippen LogP contribution in [0.2, 0.25) is 0 Å². The molecular formula is C14H20O. The van der Waals surface area contributed by atoms with Crippen molar-refractivity contribution in [2.24, 2.45) is 0 Å². The molecule has 0 unspecified atom stereocenters. The molecule has 1 rings (SSSR count). The maximum atomic E-state index is 9.52. The van der Waals surface area contributed by atoms with Crippen molar-refractivity contribution >= 4 is 0 Å². The third-order valence-corrected chi connectivity index (χ3v) is 2.47. The molecule has 0 spiro atoms. The SMILES string of the molecule is CCCCCC=CCc1ccccc1O. The van der Waals surface area contributed by atoms with E-state index in [1.165, 1.54) is 19.3 Å². The average molecular weight is 204 g/mol.